The van der Waals surface area contributed by atoms with E-state index in [-0.39, 0.29) is 24.3 Å². The highest BCUT2D eigenvalue weighted by Gasteiger charge is 2.41. The van der Waals surface area contributed by atoms with E-state index in [1.807, 2.05) is 0 Å². The molecule has 1 unspecified atom stereocenters. The van der Waals surface area contributed by atoms with Crippen LogP contribution in [0.15, 0.2) is 36.4 Å². The van der Waals surface area contributed by atoms with Crippen molar-refractivity contribution in [2.75, 3.05) is 11.5 Å². The lowest BCUT2D eigenvalue weighted by Crippen LogP contribution is -2.28. The van der Waals surface area contributed by atoms with Gasteiger partial charge in [0, 0.05) is 17.5 Å². The molecule has 2 aromatic rings. The number of hydrogen-bond donors (Lipinski definition) is 0. The Kier molecular flexibility index (Phi) is 9.99. The summed E-state index contributed by atoms with van der Waals surface area (Å²) in [6, 6.07) is 0.603. The van der Waals surface area contributed by atoms with Crippen LogP contribution in [0.1, 0.15) is 46.3 Å². The first-order chi connectivity index (χ1) is 18.4. The molecule has 3 nitrogen and oxygen atoms in total. The molecule has 0 aliphatic rings. The van der Waals surface area contributed by atoms with E-state index in [0.717, 1.165) is 6.92 Å². The van der Waals surface area contributed by atoms with Gasteiger partial charge in [-0.3, -0.25) is 4.79 Å². The third kappa shape index (κ3) is 9.46. The van der Waals surface area contributed by atoms with Gasteiger partial charge in [-0.2, -0.15) is 39.5 Å². The SMILES string of the molecule is C[C@@H](CC(=O)c1ccc(/C(F)=C/C(c2cc(F)c(F)c(F)c2)C(F)(F)F)cc1C(F)(F)F)CS(=O)(=O)CC(F)(F)F. The number of sulfone groups is 1. The fourth-order valence-electron chi connectivity index (χ4n) is 3.77. The average molecular weight is 632 g/mol. The van der Waals surface area contributed by atoms with Crippen LogP contribution in [0.25, 0.3) is 5.83 Å². The molecule has 0 spiro atoms. The van der Waals surface area contributed by atoms with Crippen LogP contribution in [-0.4, -0.2) is 38.1 Å². The van der Waals surface area contributed by atoms with Crippen molar-refractivity contribution in [2.24, 2.45) is 5.92 Å². The molecule has 17 heteroatoms. The van der Waals surface area contributed by atoms with Gasteiger partial charge in [-0.25, -0.2) is 26.0 Å². The lowest BCUT2D eigenvalue weighted by atomic mass is 9.93. The molecule has 0 aromatic heterocycles. The zero-order valence-corrected chi connectivity index (χ0v) is 21.1. The highest BCUT2D eigenvalue weighted by atomic mass is 32.2. The number of alkyl halides is 9. The molecule has 0 aliphatic heterocycles. The van der Waals surface area contributed by atoms with E-state index in [1.54, 1.807) is 0 Å². The van der Waals surface area contributed by atoms with Crippen molar-refractivity contribution < 1.29 is 70.3 Å². The molecule has 0 fully saturated rings. The maximum atomic E-state index is 14.8. The van der Waals surface area contributed by atoms with Crippen LogP contribution in [0.3, 0.4) is 0 Å². The number of Topliss-reactive ketones (excluding diaryl/α,β-unsaturated/α-hetero) is 1. The number of benzene rings is 2. The molecule has 0 radical (unpaired) electrons. The van der Waals surface area contributed by atoms with Crippen LogP contribution in [0.5, 0.6) is 0 Å². The van der Waals surface area contributed by atoms with Crippen molar-refractivity contribution in [1.29, 1.82) is 0 Å². The van der Waals surface area contributed by atoms with E-state index in [4.69, 9.17) is 0 Å². The van der Waals surface area contributed by atoms with Gasteiger partial charge in [-0.15, -0.1) is 0 Å². The van der Waals surface area contributed by atoms with Crippen LogP contribution in [0.2, 0.25) is 0 Å². The average Bonchev–Trinajstić information content (AvgIpc) is 2.76. The Labute approximate surface area is 223 Å². The van der Waals surface area contributed by atoms with Crippen molar-refractivity contribution in [3.8, 4) is 0 Å². The third-order valence-electron chi connectivity index (χ3n) is 5.39. The van der Waals surface area contributed by atoms with Gasteiger partial charge in [-0.05, 0) is 35.8 Å². The number of carbonyl (C=O) groups excluding carboxylic acids is 1. The summed E-state index contributed by atoms with van der Waals surface area (Å²) in [6.07, 6.45) is -17.3. The lowest BCUT2D eigenvalue weighted by Gasteiger charge is -2.19. The van der Waals surface area contributed by atoms with Gasteiger partial charge >= 0.3 is 18.5 Å². The van der Waals surface area contributed by atoms with Crippen molar-refractivity contribution in [3.63, 3.8) is 0 Å². The minimum absolute atomic E-state index is 0.0522. The van der Waals surface area contributed by atoms with E-state index >= 15 is 0 Å². The van der Waals surface area contributed by atoms with Crippen LogP contribution in [-0.2, 0) is 16.0 Å². The Hall–Kier alpha value is -3.11. The zero-order chi connectivity index (χ0) is 31.7. The number of ketones is 1. The fraction of sp³-hybridized carbons (Fsp3) is 0.375. The summed E-state index contributed by atoms with van der Waals surface area (Å²) >= 11 is 0. The van der Waals surface area contributed by atoms with E-state index in [1.165, 1.54) is 0 Å². The molecule has 0 heterocycles. The number of rotatable bonds is 9. The van der Waals surface area contributed by atoms with Crippen LogP contribution < -0.4 is 0 Å². The highest BCUT2D eigenvalue weighted by Crippen LogP contribution is 2.40. The van der Waals surface area contributed by atoms with E-state index in [2.05, 4.69) is 0 Å². The summed E-state index contributed by atoms with van der Waals surface area (Å²) in [5, 5.41) is 0. The second kappa shape index (κ2) is 12.0. The Morgan fingerprint density at radius 2 is 1.44 bits per heavy atom. The molecular formula is C24H17F13O3S. The number of hydrogen-bond acceptors (Lipinski definition) is 3. The molecule has 0 bridgehead atoms. The van der Waals surface area contributed by atoms with Gasteiger partial charge in [-0.1, -0.05) is 19.1 Å². The molecule has 2 atom stereocenters. The third-order valence-corrected chi connectivity index (χ3v) is 7.23. The second-order valence-electron chi connectivity index (χ2n) is 8.99. The smallest absolute Gasteiger partial charge is 0.294 e. The molecule has 0 amide bonds. The van der Waals surface area contributed by atoms with Crippen molar-refractivity contribution in [3.05, 3.63) is 76.1 Å². The summed E-state index contributed by atoms with van der Waals surface area (Å²) in [5.41, 5.74) is -5.52. The summed E-state index contributed by atoms with van der Waals surface area (Å²) in [5.74, 6) is -17.6. The number of carbonyl (C=O) groups is 1. The Balaban J connectivity index is 2.46. The van der Waals surface area contributed by atoms with Crippen LogP contribution in [0.4, 0.5) is 57.1 Å². The maximum Gasteiger partial charge on any atom is 0.417 e. The van der Waals surface area contributed by atoms with Gasteiger partial charge in [0.2, 0.25) is 0 Å². The molecule has 228 valence electrons. The topological polar surface area (TPSA) is 51.2 Å². The quantitative estimate of drug-likeness (QED) is 0.160. The largest absolute Gasteiger partial charge is 0.417 e. The minimum Gasteiger partial charge on any atom is -0.294 e. The summed E-state index contributed by atoms with van der Waals surface area (Å²) in [7, 11) is -4.79. The van der Waals surface area contributed by atoms with Crippen molar-refractivity contribution >= 4 is 21.4 Å². The predicted molar refractivity (Wildman–Crippen MR) is 118 cm³/mol. The van der Waals surface area contributed by atoms with Gasteiger partial charge in [0.1, 0.15) is 17.5 Å². The number of halogens is 13. The Morgan fingerprint density at radius 3 is 1.90 bits per heavy atom. The lowest BCUT2D eigenvalue weighted by molar-refractivity contribution is -0.140. The minimum atomic E-state index is -5.46. The molecule has 0 N–H and O–H groups in total. The Morgan fingerprint density at radius 1 is 0.902 bits per heavy atom. The van der Waals surface area contributed by atoms with Gasteiger partial charge in [0.05, 0.1) is 11.3 Å². The summed E-state index contributed by atoms with van der Waals surface area (Å²) in [6.45, 7) is 0.980. The number of allylic oxidation sites excluding steroid dienone is 1. The molecule has 41 heavy (non-hydrogen) atoms. The van der Waals surface area contributed by atoms with Gasteiger partial charge in [0.15, 0.2) is 33.1 Å². The first-order valence-corrected chi connectivity index (χ1v) is 12.8. The monoisotopic (exact) mass is 632 g/mol. The molecule has 0 saturated heterocycles. The standard InChI is InChI=1S/C24H17F13O3S/c1-11(9-41(39,40)10-22(29,30)31)4-20(38)14-3-2-12(5-16(14)24(35,36)37)17(25)8-15(23(32,33)34)13-6-18(26)21(28)19(27)7-13/h2-3,5-8,11,15H,4,9-10H2,1H3/b17-8-/t11-,15?/m0/s1. The molecule has 2 rings (SSSR count). The molecule has 0 aliphatic carbocycles. The maximum absolute atomic E-state index is 14.8. The second-order valence-corrected chi connectivity index (χ2v) is 11.1. The van der Waals surface area contributed by atoms with Crippen molar-refractivity contribution in [2.45, 2.75) is 37.8 Å². The highest BCUT2D eigenvalue weighted by molar-refractivity contribution is 7.91. The first kappa shape index (κ1) is 34.1. The van der Waals surface area contributed by atoms with Crippen LogP contribution in [0, 0.1) is 23.4 Å². The fourth-order valence-corrected chi connectivity index (χ4v) is 5.38. The summed E-state index contributed by atoms with van der Waals surface area (Å²) in [4.78, 5) is 12.5. The van der Waals surface area contributed by atoms with Crippen molar-refractivity contribution in [1.82, 2.24) is 0 Å². The summed E-state index contributed by atoms with van der Waals surface area (Å²) < 4.78 is 197. The van der Waals surface area contributed by atoms with E-state index in [9.17, 15) is 70.3 Å². The zero-order valence-electron chi connectivity index (χ0n) is 20.3. The van der Waals surface area contributed by atoms with Gasteiger partial charge in [0.25, 0.3) is 0 Å². The predicted octanol–water partition coefficient (Wildman–Crippen LogP) is 7.97. The van der Waals surface area contributed by atoms with E-state index < -0.39 is 109 Å². The van der Waals surface area contributed by atoms with Gasteiger partial charge < -0.3 is 0 Å². The van der Waals surface area contributed by atoms with Crippen LogP contribution >= 0.6 is 0 Å². The molecular weight excluding hydrogens is 615 g/mol. The normalized spacial score (nSPS) is 15.1. The van der Waals surface area contributed by atoms with E-state index in [0.29, 0.717) is 12.1 Å². The molecule has 0 saturated carbocycles. The Bertz CT molecular complexity index is 1400. The first-order valence-electron chi connectivity index (χ1n) is 11.0. The molecule has 2 aromatic carbocycles.